The van der Waals surface area contributed by atoms with Crippen molar-refractivity contribution in [2.75, 3.05) is 11.9 Å². The summed E-state index contributed by atoms with van der Waals surface area (Å²) in [5.74, 6) is 1.26. The van der Waals surface area contributed by atoms with Gasteiger partial charge in [-0.15, -0.1) is 10.2 Å². The molecule has 0 aliphatic carbocycles. The molecule has 0 aliphatic rings. The van der Waals surface area contributed by atoms with Crippen molar-refractivity contribution < 1.29 is 4.92 Å². The maximum absolute atomic E-state index is 11.1. The summed E-state index contributed by atoms with van der Waals surface area (Å²) in [6.07, 6.45) is 2.25. The van der Waals surface area contributed by atoms with Crippen LogP contribution in [0.5, 0.6) is 0 Å². The molecule has 0 atom stereocenters. The Labute approximate surface area is 115 Å². The molecule has 20 heavy (non-hydrogen) atoms. The zero-order chi connectivity index (χ0) is 14.7. The lowest BCUT2D eigenvalue weighted by molar-refractivity contribution is -0.384. The van der Waals surface area contributed by atoms with E-state index >= 15 is 0 Å². The highest BCUT2D eigenvalue weighted by molar-refractivity contribution is 5.59. The van der Waals surface area contributed by atoms with Crippen molar-refractivity contribution >= 4 is 11.5 Å². The SMILES string of the molecule is CCn1nc(C)c([N+](=O)[O-])c1NCCc1nncn1C. The topological polar surface area (TPSA) is 104 Å². The van der Waals surface area contributed by atoms with E-state index in [-0.39, 0.29) is 5.69 Å². The van der Waals surface area contributed by atoms with Crippen LogP contribution in [0.1, 0.15) is 18.4 Å². The molecule has 0 aromatic carbocycles. The number of nitrogens with zero attached hydrogens (tertiary/aromatic N) is 6. The van der Waals surface area contributed by atoms with Gasteiger partial charge in [-0.25, -0.2) is 4.68 Å². The van der Waals surface area contributed by atoms with Gasteiger partial charge in [0.1, 0.15) is 17.8 Å². The Bertz CT molecular complexity index is 616. The predicted octanol–water partition coefficient (Wildman–Crippen LogP) is 0.903. The predicted molar refractivity (Wildman–Crippen MR) is 72.5 cm³/mol. The van der Waals surface area contributed by atoms with E-state index in [1.54, 1.807) is 17.9 Å². The summed E-state index contributed by atoms with van der Waals surface area (Å²) in [5, 5.41) is 26.1. The van der Waals surface area contributed by atoms with Crippen molar-refractivity contribution in [2.45, 2.75) is 26.8 Å². The summed E-state index contributed by atoms with van der Waals surface area (Å²) in [5.41, 5.74) is 0.447. The van der Waals surface area contributed by atoms with Gasteiger partial charge in [-0.1, -0.05) is 0 Å². The molecule has 1 N–H and O–H groups in total. The summed E-state index contributed by atoms with van der Waals surface area (Å²) < 4.78 is 3.42. The van der Waals surface area contributed by atoms with E-state index in [1.165, 1.54) is 0 Å². The first-order valence-corrected chi connectivity index (χ1v) is 6.33. The van der Waals surface area contributed by atoms with Crippen LogP contribution < -0.4 is 5.32 Å². The van der Waals surface area contributed by atoms with E-state index in [0.717, 1.165) is 5.82 Å². The highest BCUT2D eigenvalue weighted by atomic mass is 16.6. The molecule has 0 unspecified atom stereocenters. The van der Waals surface area contributed by atoms with E-state index in [4.69, 9.17) is 0 Å². The van der Waals surface area contributed by atoms with Gasteiger partial charge in [0.2, 0.25) is 5.82 Å². The van der Waals surface area contributed by atoms with E-state index in [0.29, 0.717) is 31.0 Å². The first-order chi connectivity index (χ1) is 9.54. The molecule has 0 bridgehead atoms. The molecule has 2 rings (SSSR count). The third-order valence-corrected chi connectivity index (χ3v) is 3.02. The van der Waals surface area contributed by atoms with E-state index in [9.17, 15) is 10.1 Å². The third kappa shape index (κ3) is 2.60. The molecule has 0 saturated carbocycles. The molecule has 0 aliphatic heterocycles. The highest BCUT2D eigenvalue weighted by Gasteiger charge is 2.24. The van der Waals surface area contributed by atoms with Crippen molar-refractivity contribution in [3.63, 3.8) is 0 Å². The molecule has 108 valence electrons. The van der Waals surface area contributed by atoms with Crippen LogP contribution in [0.2, 0.25) is 0 Å². The zero-order valence-electron chi connectivity index (χ0n) is 11.7. The highest BCUT2D eigenvalue weighted by Crippen LogP contribution is 2.27. The second kappa shape index (κ2) is 5.68. The zero-order valence-corrected chi connectivity index (χ0v) is 11.7. The fourth-order valence-electron chi connectivity index (χ4n) is 2.02. The van der Waals surface area contributed by atoms with Gasteiger partial charge in [-0.2, -0.15) is 5.10 Å². The lowest BCUT2D eigenvalue weighted by Crippen LogP contribution is -2.13. The van der Waals surface area contributed by atoms with Gasteiger partial charge < -0.3 is 9.88 Å². The Hall–Kier alpha value is -2.45. The van der Waals surface area contributed by atoms with E-state index in [1.807, 2.05) is 18.5 Å². The van der Waals surface area contributed by atoms with Crippen molar-refractivity contribution in [2.24, 2.45) is 7.05 Å². The summed E-state index contributed by atoms with van der Waals surface area (Å²) >= 11 is 0. The number of hydrogen-bond donors (Lipinski definition) is 1. The number of nitrogens with one attached hydrogen (secondary N) is 1. The molecule has 0 radical (unpaired) electrons. The number of nitro groups is 1. The molecule has 9 heteroatoms. The Balaban J connectivity index is 2.12. The van der Waals surface area contributed by atoms with E-state index in [2.05, 4.69) is 20.6 Å². The lowest BCUT2D eigenvalue weighted by atomic mass is 10.3. The standard InChI is InChI=1S/C11H17N7O2/c1-4-17-11(10(18(19)20)8(2)15-17)12-6-5-9-14-13-7-16(9)3/h7,12H,4-6H2,1-3H3. The Morgan fingerprint density at radius 3 is 2.80 bits per heavy atom. The minimum absolute atomic E-state index is 0.0322. The fourth-order valence-corrected chi connectivity index (χ4v) is 2.02. The average Bonchev–Trinajstić information content (AvgIpc) is 2.93. The molecule has 2 heterocycles. The monoisotopic (exact) mass is 279 g/mol. The third-order valence-electron chi connectivity index (χ3n) is 3.02. The van der Waals surface area contributed by atoms with Crippen LogP contribution in [0.15, 0.2) is 6.33 Å². The fraction of sp³-hybridized carbons (Fsp3) is 0.545. The molecule has 9 nitrogen and oxygen atoms in total. The average molecular weight is 279 g/mol. The van der Waals surface area contributed by atoms with E-state index < -0.39 is 4.92 Å². The number of aryl methyl sites for hydroxylation is 3. The summed E-state index contributed by atoms with van der Waals surface area (Å²) in [4.78, 5) is 10.7. The molecule has 0 fully saturated rings. The van der Waals surface area contributed by atoms with Gasteiger partial charge in [0.25, 0.3) is 0 Å². The van der Waals surface area contributed by atoms with Crippen molar-refractivity contribution in [1.29, 1.82) is 0 Å². The summed E-state index contributed by atoms with van der Waals surface area (Å²) in [7, 11) is 1.86. The molecule has 2 aromatic rings. The van der Waals surface area contributed by atoms with Crippen molar-refractivity contribution in [1.82, 2.24) is 24.5 Å². The van der Waals surface area contributed by atoms with Gasteiger partial charge >= 0.3 is 5.69 Å². The molecule has 0 spiro atoms. The van der Waals surface area contributed by atoms with Crippen molar-refractivity contribution in [3.05, 3.63) is 28.0 Å². The Kier molecular flexibility index (Phi) is 3.97. The van der Waals surface area contributed by atoms with Gasteiger partial charge in [-0.05, 0) is 13.8 Å². The summed E-state index contributed by atoms with van der Waals surface area (Å²) in [6, 6.07) is 0. The van der Waals surface area contributed by atoms with Crippen LogP contribution in [-0.2, 0) is 20.0 Å². The maximum atomic E-state index is 11.1. The lowest BCUT2D eigenvalue weighted by Gasteiger charge is -2.07. The second-order valence-electron chi connectivity index (χ2n) is 4.39. The van der Waals surface area contributed by atoms with Crippen LogP contribution >= 0.6 is 0 Å². The van der Waals surface area contributed by atoms with Gasteiger partial charge in [0.05, 0.1) is 4.92 Å². The summed E-state index contributed by atoms with van der Waals surface area (Å²) in [6.45, 7) is 4.63. The van der Waals surface area contributed by atoms with Gasteiger partial charge in [0, 0.05) is 26.6 Å². The largest absolute Gasteiger partial charge is 0.364 e. The van der Waals surface area contributed by atoms with Crippen LogP contribution in [0.3, 0.4) is 0 Å². The Morgan fingerprint density at radius 1 is 1.50 bits per heavy atom. The first-order valence-electron chi connectivity index (χ1n) is 6.33. The molecule has 0 amide bonds. The van der Waals surface area contributed by atoms with Crippen LogP contribution in [-0.4, -0.2) is 36.0 Å². The number of anilines is 1. The quantitative estimate of drug-likeness (QED) is 0.622. The number of aromatic nitrogens is 5. The van der Waals surface area contributed by atoms with Gasteiger partial charge in [0.15, 0.2) is 0 Å². The second-order valence-corrected chi connectivity index (χ2v) is 4.39. The maximum Gasteiger partial charge on any atom is 0.333 e. The normalized spacial score (nSPS) is 10.8. The van der Waals surface area contributed by atoms with Crippen LogP contribution in [0.4, 0.5) is 11.5 Å². The number of rotatable bonds is 6. The minimum Gasteiger partial charge on any atom is -0.364 e. The molecular formula is C11H17N7O2. The smallest absolute Gasteiger partial charge is 0.333 e. The molecule has 2 aromatic heterocycles. The molecular weight excluding hydrogens is 262 g/mol. The number of hydrogen-bond acceptors (Lipinski definition) is 6. The minimum atomic E-state index is -0.404. The van der Waals surface area contributed by atoms with Crippen LogP contribution in [0.25, 0.3) is 0 Å². The van der Waals surface area contributed by atoms with Crippen LogP contribution in [0, 0.1) is 17.0 Å². The first kappa shape index (κ1) is 14.0. The molecule has 0 saturated heterocycles. The Morgan fingerprint density at radius 2 is 2.25 bits per heavy atom. The van der Waals surface area contributed by atoms with Gasteiger partial charge in [-0.3, -0.25) is 10.1 Å². The van der Waals surface area contributed by atoms with Crippen molar-refractivity contribution in [3.8, 4) is 0 Å².